The third kappa shape index (κ3) is 5.45. The van der Waals surface area contributed by atoms with Crippen molar-refractivity contribution in [2.75, 3.05) is 33.1 Å². The number of benzene rings is 1. The molecule has 1 aliphatic rings. The summed E-state index contributed by atoms with van der Waals surface area (Å²) in [5.74, 6) is -2.13. The second kappa shape index (κ2) is 8.20. The van der Waals surface area contributed by atoms with Gasteiger partial charge in [0.25, 0.3) is 0 Å². The molecule has 0 unspecified atom stereocenters. The molecule has 6 nitrogen and oxygen atoms in total. The van der Waals surface area contributed by atoms with Gasteiger partial charge in [0.2, 0.25) is 15.9 Å². The summed E-state index contributed by atoms with van der Waals surface area (Å²) in [6.07, 6.45) is 0.151. The van der Waals surface area contributed by atoms with E-state index in [0.717, 1.165) is 16.4 Å². The Kier molecular flexibility index (Phi) is 6.47. The zero-order chi connectivity index (χ0) is 18.6. The van der Waals surface area contributed by atoms with Crippen molar-refractivity contribution in [2.45, 2.75) is 18.9 Å². The number of aryl methyl sites for hydroxylation is 1. The van der Waals surface area contributed by atoms with Crippen molar-refractivity contribution in [1.29, 1.82) is 0 Å². The normalized spacial score (nSPS) is 20.8. The van der Waals surface area contributed by atoms with Crippen molar-refractivity contribution in [3.05, 3.63) is 35.4 Å². The van der Waals surface area contributed by atoms with Gasteiger partial charge < -0.3 is 10.1 Å². The van der Waals surface area contributed by atoms with Gasteiger partial charge in [-0.2, -0.15) is 0 Å². The number of nitrogens with one attached hydrogen (secondary N) is 1. The smallest absolute Gasteiger partial charge is 0.220 e. The van der Waals surface area contributed by atoms with E-state index in [2.05, 4.69) is 5.32 Å². The topological polar surface area (TPSA) is 75.7 Å². The molecule has 1 fully saturated rings. The van der Waals surface area contributed by atoms with Gasteiger partial charge in [-0.15, -0.1) is 0 Å². The Morgan fingerprint density at radius 3 is 2.68 bits per heavy atom. The zero-order valence-corrected chi connectivity index (χ0v) is 15.0. The number of amides is 1. The average Bonchev–Trinajstić information content (AvgIpc) is 2.92. The molecule has 1 saturated heterocycles. The molecule has 0 aromatic heterocycles. The lowest BCUT2D eigenvalue weighted by Gasteiger charge is -2.21. The van der Waals surface area contributed by atoms with Gasteiger partial charge in [-0.05, 0) is 18.1 Å². The van der Waals surface area contributed by atoms with E-state index in [0.29, 0.717) is 0 Å². The van der Waals surface area contributed by atoms with Crippen molar-refractivity contribution < 1.29 is 26.7 Å². The van der Waals surface area contributed by atoms with Crippen LogP contribution < -0.4 is 5.32 Å². The summed E-state index contributed by atoms with van der Waals surface area (Å²) >= 11 is 0. The first-order chi connectivity index (χ1) is 11.7. The van der Waals surface area contributed by atoms with E-state index in [4.69, 9.17) is 4.74 Å². The highest BCUT2D eigenvalue weighted by Gasteiger charge is 2.34. The molecule has 140 valence electrons. The van der Waals surface area contributed by atoms with Crippen molar-refractivity contribution in [3.63, 3.8) is 0 Å². The first-order valence-corrected chi connectivity index (χ1v) is 9.51. The van der Waals surface area contributed by atoms with E-state index >= 15 is 0 Å². The molecule has 1 aliphatic heterocycles. The van der Waals surface area contributed by atoms with Crippen LogP contribution in [0.1, 0.15) is 12.0 Å². The first kappa shape index (κ1) is 19.7. The number of nitrogens with zero attached hydrogens (tertiary/aromatic N) is 1. The molecule has 1 aromatic carbocycles. The van der Waals surface area contributed by atoms with Crippen LogP contribution in [0.5, 0.6) is 0 Å². The number of ether oxygens (including phenoxy) is 1. The van der Waals surface area contributed by atoms with E-state index in [-0.39, 0.29) is 49.2 Å². The standard InChI is InChI=1S/C16H22F2N2O4S/c1-20(2)25(22,23)10-12-8-24-9-15(12)19-16(21)6-4-11-3-5-13(17)7-14(11)18/h3,5,7,12,15H,4,6,8-10H2,1-2H3,(H,19,21)/t12-,15+/m0/s1. The SMILES string of the molecule is CN(C)S(=O)(=O)C[C@@H]1COC[C@H]1NC(=O)CCc1ccc(F)cc1F. The van der Waals surface area contributed by atoms with Crippen molar-refractivity contribution in [3.8, 4) is 0 Å². The number of sulfonamides is 1. The largest absolute Gasteiger partial charge is 0.379 e. The summed E-state index contributed by atoms with van der Waals surface area (Å²) in [7, 11) is -0.490. The van der Waals surface area contributed by atoms with E-state index in [9.17, 15) is 22.0 Å². The van der Waals surface area contributed by atoms with Crippen LogP contribution in [0.2, 0.25) is 0 Å². The molecule has 2 rings (SSSR count). The predicted octanol–water partition coefficient (Wildman–Crippen LogP) is 0.920. The second-order valence-corrected chi connectivity index (χ2v) is 8.50. The quantitative estimate of drug-likeness (QED) is 0.768. The fourth-order valence-corrected chi connectivity index (χ4v) is 3.76. The summed E-state index contributed by atoms with van der Waals surface area (Å²) in [6, 6.07) is 2.83. The fraction of sp³-hybridized carbons (Fsp3) is 0.562. The van der Waals surface area contributed by atoms with Crippen LogP contribution in [0.4, 0.5) is 8.78 Å². The lowest BCUT2D eigenvalue weighted by Crippen LogP contribution is -2.43. The van der Waals surface area contributed by atoms with Crippen molar-refractivity contribution in [2.24, 2.45) is 5.92 Å². The van der Waals surface area contributed by atoms with E-state index in [1.165, 1.54) is 20.2 Å². The molecule has 2 atom stereocenters. The van der Waals surface area contributed by atoms with Crippen molar-refractivity contribution >= 4 is 15.9 Å². The first-order valence-electron chi connectivity index (χ1n) is 7.90. The molecule has 9 heteroatoms. The molecule has 0 saturated carbocycles. The summed E-state index contributed by atoms with van der Waals surface area (Å²) in [6.45, 7) is 0.495. The maximum absolute atomic E-state index is 13.6. The third-order valence-corrected chi connectivity index (χ3v) is 6.12. The van der Waals surface area contributed by atoms with Crippen molar-refractivity contribution in [1.82, 2.24) is 9.62 Å². The monoisotopic (exact) mass is 376 g/mol. The van der Waals surface area contributed by atoms with Gasteiger partial charge >= 0.3 is 0 Å². The fourth-order valence-electron chi connectivity index (χ4n) is 2.59. The molecule has 0 bridgehead atoms. The molecular formula is C16H22F2N2O4S. The van der Waals surface area contributed by atoms with Crippen LogP contribution in [0.15, 0.2) is 18.2 Å². The number of rotatable bonds is 7. The van der Waals surface area contributed by atoms with E-state index in [1.54, 1.807) is 0 Å². The summed E-state index contributed by atoms with van der Waals surface area (Å²) in [5, 5.41) is 2.75. The Bertz CT molecular complexity index is 725. The van der Waals surface area contributed by atoms with Gasteiger partial charge in [0.05, 0.1) is 25.0 Å². The Morgan fingerprint density at radius 1 is 1.32 bits per heavy atom. The molecule has 25 heavy (non-hydrogen) atoms. The van der Waals surface area contributed by atoms with Crippen LogP contribution >= 0.6 is 0 Å². The Hall–Kier alpha value is -1.58. The molecule has 0 spiro atoms. The second-order valence-electron chi connectivity index (χ2n) is 6.27. The number of carbonyl (C=O) groups excluding carboxylic acids is 1. The summed E-state index contributed by atoms with van der Waals surface area (Å²) in [5.41, 5.74) is 0.256. The molecule has 0 aliphatic carbocycles. The minimum absolute atomic E-state index is 0.0200. The van der Waals surface area contributed by atoms with Gasteiger partial charge in [-0.1, -0.05) is 6.07 Å². The molecule has 0 radical (unpaired) electrons. The average molecular weight is 376 g/mol. The predicted molar refractivity (Wildman–Crippen MR) is 88.4 cm³/mol. The van der Waals surface area contributed by atoms with Gasteiger partial charge in [0.1, 0.15) is 11.6 Å². The van der Waals surface area contributed by atoms with Crippen LogP contribution in [-0.2, 0) is 26.0 Å². The highest BCUT2D eigenvalue weighted by molar-refractivity contribution is 7.89. The van der Waals surface area contributed by atoms with E-state index < -0.39 is 27.7 Å². The minimum atomic E-state index is -3.40. The van der Waals surface area contributed by atoms with Crippen LogP contribution in [-0.4, -0.2) is 57.7 Å². The highest BCUT2D eigenvalue weighted by atomic mass is 32.2. The lowest BCUT2D eigenvalue weighted by molar-refractivity contribution is -0.122. The van der Waals surface area contributed by atoms with Gasteiger partial charge in [-0.3, -0.25) is 4.79 Å². The molecule has 1 aromatic rings. The van der Waals surface area contributed by atoms with Gasteiger partial charge in [0, 0.05) is 32.5 Å². The Morgan fingerprint density at radius 2 is 2.04 bits per heavy atom. The molecule has 1 heterocycles. The number of hydrogen-bond acceptors (Lipinski definition) is 4. The third-order valence-electron chi connectivity index (χ3n) is 4.16. The van der Waals surface area contributed by atoms with Gasteiger partial charge in [0.15, 0.2) is 0 Å². The highest BCUT2D eigenvalue weighted by Crippen LogP contribution is 2.18. The maximum atomic E-state index is 13.6. The van der Waals surface area contributed by atoms with Crippen LogP contribution in [0.3, 0.4) is 0 Å². The number of hydrogen-bond donors (Lipinski definition) is 1. The summed E-state index contributed by atoms with van der Waals surface area (Å²) in [4.78, 5) is 12.1. The van der Waals surface area contributed by atoms with Crippen LogP contribution in [0, 0.1) is 17.6 Å². The maximum Gasteiger partial charge on any atom is 0.220 e. The molecular weight excluding hydrogens is 354 g/mol. The number of halogens is 2. The van der Waals surface area contributed by atoms with Gasteiger partial charge in [-0.25, -0.2) is 21.5 Å². The lowest BCUT2D eigenvalue weighted by atomic mass is 10.1. The zero-order valence-electron chi connectivity index (χ0n) is 14.2. The molecule has 1 amide bonds. The molecule has 1 N–H and O–H groups in total. The minimum Gasteiger partial charge on any atom is -0.379 e. The summed E-state index contributed by atoms with van der Waals surface area (Å²) < 4.78 is 56.8. The van der Waals surface area contributed by atoms with Crippen LogP contribution in [0.25, 0.3) is 0 Å². The number of carbonyl (C=O) groups is 1. The van der Waals surface area contributed by atoms with E-state index in [1.807, 2.05) is 0 Å². The Labute approximate surface area is 146 Å². The Balaban J connectivity index is 1.88.